The minimum Gasteiger partial charge on any atom is -0.339 e. The molecule has 1 aliphatic heterocycles. The summed E-state index contributed by atoms with van der Waals surface area (Å²) in [6.45, 7) is 1.71. The lowest BCUT2D eigenvalue weighted by molar-refractivity contribution is -0.141. The van der Waals surface area contributed by atoms with Crippen LogP contribution < -0.4 is 0 Å². The van der Waals surface area contributed by atoms with Crippen molar-refractivity contribution in [1.29, 1.82) is 0 Å². The Balaban J connectivity index is 1.55. The van der Waals surface area contributed by atoms with Crippen LogP contribution in [0.15, 0.2) is 18.3 Å². The van der Waals surface area contributed by atoms with Gasteiger partial charge in [-0.25, -0.2) is 0 Å². The summed E-state index contributed by atoms with van der Waals surface area (Å²) in [5.74, 6) is -0.0749. The second-order valence-electron chi connectivity index (χ2n) is 6.88. The average Bonchev–Trinajstić information content (AvgIpc) is 2.67. The molecule has 2 amide bonds. The standard InChI is InChI=1S/C18H22F3N3O2/c19-18(20,21)15-7-6-14(12-22-15)17(26)24-10-8-23(9-11-24)16(25)13-4-2-1-3-5-13/h6-7,12-13H,1-5,8-11H2. The second kappa shape index (κ2) is 7.63. The molecule has 142 valence electrons. The normalized spacial score (nSPS) is 19.5. The lowest BCUT2D eigenvalue weighted by Gasteiger charge is -2.37. The van der Waals surface area contributed by atoms with E-state index in [1.165, 1.54) is 6.42 Å². The first kappa shape index (κ1) is 18.7. The summed E-state index contributed by atoms with van der Waals surface area (Å²) in [4.78, 5) is 31.7. The summed E-state index contributed by atoms with van der Waals surface area (Å²) >= 11 is 0. The zero-order valence-electron chi connectivity index (χ0n) is 14.5. The Morgan fingerprint density at radius 1 is 0.962 bits per heavy atom. The number of carbonyl (C=O) groups is 2. The van der Waals surface area contributed by atoms with E-state index in [1.54, 1.807) is 4.90 Å². The molecule has 1 aromatic rings. The summed E-state index contributed by atoms with van der Waals surface area (Å²) in [7, 11) is 0. The molecule has 2 heterocycles. The first-order valence-electron chi connectivity index (χ1n) is 8.97. The van der Waals surface area contributed by atoms with Crippen LogP contribution in [0.3, 0.4) is 0 Å². The van der Waals surface area contributed by atoms with Crippen LogP contribution in [0, 0.1) is 5.92 Å². The molecule has 0 aromatic carbocycles. The maximum absolute atomic E-state index is 12.6. The molecule has 0 radical (unpaired) electrons. The summed E-state index contributed by atoms with van der Waals surface area (Å²) in [5.41, 5.74) is -0.887. The fourth-order valence-electron chi connectivity index (χ4n) is 3.61. The fraction of sp³-hybridized carbons (Fsp3) is 0.611. The fourth-order valence-corrected chi connectivity index (χ4v) is 3.61. The van der Waals surface area contributed by atoms with Gasteiger partial charge in [-0.2, -0.15) is 13.2 Å². The number of piperazine rings is 1. The summed E-state index contributed by atoms with van der Waals surface area (Å²) in [6.07, 6.45) is 1.70. The van der Waals surface area contributed by atoms with Crippen molar-refractivity contribution >= 4 is 11.8 Å². The highest BCUT2D eigenvalue weighted by atomic mass is 19.4. The van der Waals surface area contributed by atoms with Crippen LogP contribution in [-0.2, 0) is 11.0 Å². The number of aromatic nitrogens is 1. The van der Waals surface area contributed by atoms with Gasteiger partial charge in [0.05, 0.1) is 5.56 Å². The van der Waals surface area contributed by atoms with Crippen LogP contribution in [0.2, 0.25) is 0 Å². The quantitative estimate of drug-likeness (QED) is 0.805. The number of rotatable bonds is 2. The third-order valence-corrected chi connectivity index (χ3v) is 5.13. The van der Waals surface area contributed by atoms with Crippen LogP contribution in [0.5, 0.6) is 0 Å². The topological polar surface area (TPSA) is 53.5 Å². The number of hydrogen-bond acceptors (Lipinski definition) is 3. The van der Waals surface area contributed by atoms with Crippen LogP contribution in [-0.4, -0.2) is 52.8 Å². The zero-order chi connectivity index (χ0) is 18.7. The first-order chi connectivity index (χ1) is 12.4. The molecule has 8 heteroatoms. The Morgan fingerprint density at radius 3 is 2.12 bits per heavy atom. The number of hydrogen-bond donors (Lipinski definition) is 0. The Hall–Kier alpha value is -2.12. The minimum atomic E-state index is -4.52. The van der Waals surface area contributed by atoms with Crippen molar-refractivity contribution in [2.75, 3.05) is 26.2 Å². The molecular weight excluding hydrogens is 347 g/mol. The second-order valence-corrected chi connectivity index (χ2v) is 6.88. The third kappa shape index (κ3) is 4.16. The van der Waals surface area contributed by atoms with Gasteiger partial charge in [0, 0.05) is 38.3 Å². The minimum absolute atomic E-state index is 0.102. The molecule has 1 aliphatic carbocycles. The van der Waals surface area contributed by atoms with Crippen molar-refractivity contribution in [2.45, 2.75) is 38.3 Å². The zero-order valence-corrected chi connectivity index (χ0v) is 14.5. The van der Waals surface area contributed by atoms with Crippen molar-refractivity contribution < 1.29 is 22.8 Å². The van der Waals surface area contributed by atoms with Crippen LogP contribution >= 0.6 is 0 Å². The number of carbonyl (C=O) groups excluding carboxylic acids is 2. The smallest absolute Gasteiger partial charge is 0.339 e. The molecule has 1 saturated heterocycles. The van der Waals surface area contributed by atoms with Gasteiger partial charge in [-0.05, 0) is 25.0 Å². The molecule has 0 atom stereocenters. The van der Waals surface area contributed by atoms with E-state index < -0.39 is 11.9 Å². The van der Waals surface area contributed by atoms with Gasteiger partial charge in [0.1, 0.15) is 5.69 Å². The van der Waals surface area contributed by atoms with Crippen molar-refractivity contribution in [3.63, 3.8) is 0 Å². The molecule has 2 aliphatic rings. The maximum atomic E-state index is 12.6. The number of alkyl halides is 3. The van der Waals surface area contributed by atoms with E-state index >= 15 is 0 Å². The van der Waals surface area contributed by atoms with Crippen LogP contribution in [0.4, 0.5) is 13.2 Å². The van der Waals surface area contributed by atoms with Gasteiger partial charge in [0.2, 0.25) is 5.91 Å². The molecule has 0 bridgehead atoms. The van der Waals surface area contributed by atoms with Gasteiger partial charge < -0.3 is 9.80 Å². The molecule has 5 nitrogen and oxygen atoms in total. The highest BCUT2D eigenvalue weighted by Crippen LogP contribution is 2.28. The van der Waals surface area contributed by atoms with E-state index in [4.69, 9.17) is 0 Å². The monoisotopic (exact) mass is 369 g/mol. The number of nitrogens with zero attached hydrogens (tertiary/aromatic N) is 3. The van der Waals surface area contributed by atoms with Gasteiger partial charge in [-0.15, -0.1) is 0 Å². The Morgan fingerprint density at radius 2 is 1.58 bits per heavy atom. The molecular formula is C18H22F3N3O2. The summed E-state index contributed by atoms with van der Waals surface area (Å²) < 4.78 is 37.7. The van der Waals surface area contributed by atoms with E-state index in [2.05, 4.69) is 4.98 Å². The molecule has 1 saturated carbocycles. The summed E-state index contributed by atoms with van der Waals surface area (Å²) in [6, 6.07) is 1.97. The Kier molecular flexibility index (Phi) is 5.48. The summed E-state index contributed by atoms with van der Waals surface area (Å²) in [5, 5.41) is 0. The molecule has 26 heavy (non-hydrogen) atoms. The van der Waals surface area contributed by atoms with Crippen LogP contribution in [0.1, 0.15) is 48.2 Å². The maximum Gasteiger partial charge on any atom is 0.433 e. The molecule has 0 spiro atoms. The first-order valence-corrected chi connectivity index (χ1v) is 8.97. The van der Waals surface area contributed by atoms with E-state index in [9.17, 15) is 22.8 Å². The largest absolute Gasteiger partial charge is 0.433 e. The molecule has 2 fully saturated rings. The average molecular weight is 369 g/mol. The van der Waals surface area contributed by atoms with Crippen molar-refractivity contribution in [3.8, 4) is 0 Å². The highest BCUT2D eigenvalue weighted by Gasteiger charge is 2.33. The lowest BCUT2D eigenvalue weighted by atomic mass is 9.88. The predicted molar refractivity (Wildman–Crippen MR) is 88.3 cm³/mol. The third-order valence-electron chi connectivity index (χ3n) is 5.13. The van der Waals surface area contributed by atoms with Crippen molar-refractivity contribution in [3.05, 3.63) is 29.6 Å². The van der Waals surface area contributed by atoms with Crippen molar-refractivity contribution in [2.24, 2.45) is 5.92 Å². The lowest BCUT2D eigenvalue weighted by Crippen LogP contribution is -2.52. The highest BCUT2D eigenvalue weighted by molar-refractivity contribution is 5.94. The van der Waals surface area contributed by atoms with E-state index in [-0.39, 0.29) is 23.3 Å². The van der Waals surface area contributed by atoms with E-state index in [0.717, 1.165) is 44.0 Å². The Bertz CT molecular complexity index is 647. The van der Waals surface area contributed by atoms with Crippen LogP contribution in [0.25, 0.3) is 0 Å². The SMILES string of the molecule is O=C(c1ccc(C(F)(F)F)nc1)N1CCN(C(=O)C2CCCCC2)CC1. The molecule has 1 aromatic heterocycles. The Labute approximate surface area is 150 Å². The van der Waals surface area contributed by atoms with E-state index in [1.807, 2.05) is 4.90 Å². The number of amides is 2. The molecule has 0 N–H and O–H groups in total. The van der Waals surface area contributed by atoms with Gasteiger partial charge in [0.25, 0.3) is 5.91 Å². The van der Waals surface area contributed by atoms with Gasteiger partial charge in [0.15, 0.2) is 0 Å². The van der Waals surface area contributed by atoms with Gasteiger partial charge in [-0.1, -0.05) is 19.3 Å². The van der Waals surface area contributed by atoms with E-state index in [0.29, 0.717) is 26.2 Å². The number of pyridine rings is 1. The van der Waals surface area contributed by atoms with Gasteiger partial charge in [-0.3, -0.25) is 14.6 Å². The van der Waals surface area contributed by atoms with Crippen molar-refractivity contribution in [1.82, 2.24) is 14.8 Å². The number of halogens is 3. The van der Waals surface area contributed by atoms with Gasteiger partial charge >= 0.3 is 6.18 Å². The molecule has 3 rings (SSSR count). The molecule has 0 unspecified atom stereocenters. The predicted octanol–water partition coefficient (Wildman–Crippen LogP) is 2.97.